The van der Waals surface area contributed by atoms with Crippen LogP contribution in [0.2, 0.25) is 0 Å². The van der Waals surface area contributed by atoms with Gasteiger partial charge in [0.25, 0.3) is 5.91 Å². The molecule has 1 aliphatic heterocycles. The molecule has 0 unspecified atom stereocenters. The molecule has 0 spiro atoms. The van der Waals surface area contributed by atoms with E-state index in [1.54, 1.807) is 14.0 Å². The van der Waals surface area contributed by atoms with Crippen molar-refractivity contribution in [1.29, 1.82) is 0 Å². The minimum atomic E-state index is -0.910. The zero-order valence-electron chi connectivity index (χ0n) is 16.9. The Morgan fingerprint density at radius 3 is 2.37 bits per heavy atom. The van der Waals surface area contributed by atoms with Gasteiger partial charge in [0, 0.05) is 13.1 Å². The molecule has 1 atom stereocenters. The molecule has 0 saturated carbocycles. The van der Waals surface area contributed by atoms with E-state index >= 15 is 0 Å². The number of ether oxygens (including phenoxy) is 1. The molecular formula is C22H24FN3O4. The SMILES string of the molecule is CCNC(=O)C[C@H]1C(=O)N(c2ccc(F)cc2)C(=O)N1CCc1ccc(OC)cc1. The third-order valence-electron chi connectivity index (χ3n) is 4.96. The fraction of sp³-hybridized carbons (Fsp3) is 0.318. The molecule has 2 aromatic carbocycles. The number of halogens is 1. The number of benzene rings is 2. The van der Waals surface area contributed by atoms with Crippen LogP contribution in [0, 0.1) is 5.82 Å². The fourth-order valence-electron chi connectivity index (χ4n) is 3.40. The van der Waals surface area contributed by atoms with E-state index < -0.39 is 23.8 Å². The number of methoxy groups -OCH3 is 1. The summed E-state index contributed by atoms with van der Waals surface area (Å²) in [5.74, 6) is -0.539. The predicted octanol–water partition coefficient (Wildman–Crippen LogP) is 2.74. The summed E-state index contributed by atoms with van der Waals surface area (Å²) in [5, 5.41) is 2.67. The average molecular weight is 413 g/mol. The Labute approximate surface area is 174 Å². The van der Waals surface area contributed by atoms with Gasteiger partial charge < -0.3 is 15.0 Å². The van der Waals surface area contributed by atoms with Gasteiger partial charge in [0.15, 0.2) is 0 Å². The summed E-state index contributed by atoms with van der Waals surface area (Å²) >= 11 is 0. The molecule has 1 N–H and O–H groups in total. The van der Waals surface area contributed by atoms with Gasteiger partial charge in [0.05, 0.1) is 19.2 Å². The number of nitrogens with zero attached hydrogens (tertiary/aromatic N) is 2. The number of carbonyl (C=O) groups excluding carboxylic acids is 3. The highest BCUT2D eigenvalue weighted by Gasteiger charge is 2.46. The number of amides is 4. The van der Waals surface area contributed by atoms with Crippen LogP contribution in [-0.2, 0) is 16.0 Å². The topological polar surface area (TPSA) is 79.0 Å². The fourth-order valence-corrected chi connectivity index (χ4v) is 3.40. The van der Waals surface area contributed by atoms with Crippen molar-refractivity contribution in [2.45, 2.75) is 25.8 Å². The second-order valence-electron chi connectivity index (χ2n) is 6.90. The molecule has 0 aromatic heterocycles. The van der Waals surface area contributed by atoms with Gasteiger partial charge in [-0.25, -0.2) is 14.1 Å². The summed E-state index contributed by atoms with van der Waals surface area (Å²) < 4.78 is 18.4. The zero-order valence-corrected chi connectivity index (χ0v) is 16.9. The molecule has 3 rings (SSSR count). The van der Waals surface area contributed by atoms with Crippen LogP contribution in [0.5, 0.6) is 5.75 Å². The molecule has 1 aliphatic rings. The first-order chi connectivity index (χ1) is 14.4. The number of carbonyl (C=O) groups is 3. The minimum Gasteiger partial charge on any atom is -0.497 e. The molecule has 1 fully saturated rings. The summed E-state index contributed by atoms with van der Waals surface area (Å²) in [6.45, 7) is 2.48. The summed E-state index contributed by atoms with van der Waals surface area (Å²) in [7, 11) is 1.58. The van der Waals surface area contributed by atoms with Crippen molar-refractivity contribution < 1.29 is 23.5 Å². The second kappa shape index (κ2) is 9.39. The molecule has 0 aliphatic carbocycles. The number of hydrogen-bond donors (Lipinski definition) is 1. The quantitative estimate of drug-likeness (QED) is 0.675. The maximum Gasteiger partial charge on any atom is 0.332 e. The minimum absolute atomic E-state index is 0.126. The molecule has 1 saturated heterocycles. The van der Waals surface area contributed by atoms with Crippen molar-refractivity contribution in [3.63, 3.8) is 0 Å². The van der Waals surface area contributed by atoms with E-state index in [-0.39, 0.29) is 24.6 Å². The maximum absolute atomic E-state index is 13.3. The average Bonchev–Trinajstić information content (AvgIpc) is 2.97. The van der Waals surface area contributed by atoms with Gasteiger partial charge in [-0.2, -0.15) is 0 Å². The van der Waals surface area contributed by atoms with E-state index in [0.29, 0.717) is 13.0 Å². The van der Waals surface area contributed by atoms with Crippen molar-refractivity contribution in [2.75, 3.05) is 25.1 Å². The Morgan fingerprint density at radius 2 is 1.77 bits per heavy atom. The summed E-state index contributed by atoms with van der Waals surface area (Å²) in [4.78, 5) is 40.6. The van der Waals surface area contributed by atoms with Gasteiger partial charge in [0.1, 0.15) is 17.6 Å². The summed E-state index contributed by atoms with van der Waals surface area (Å²) in [5.41, 5.74) is 1.24. The van der Waals surface area contributed by atoms with Crippen LogP contribution in [0.1, 0.15) is 18.9 Å². The molecule has 2 aromatic rings. The van der Waals surface area contributed by atoms with Crippen LogP contribution in [0.3, 0.4) is 0 Å². The zero-order chi connectivity index (χ0) is 21.7. The van der Waals surface area contributed by atoms with Crippen LogP contribution in [0.15, 0.2) is 48.5 Å². The van der Waals surface area contributed by atoms with Crippen molar-refractivity contribution in [3.8, 4) is 5.75 Å². The van der Waals surface area contributed by atoms with Crippen molar-refractivity contribution in [2.24, 2.45) is 0 Å². The second-order valence-corrected chi connectivity index (χ2v) is 6.90. The van der Waals surface area contributed by atoms with Crippen molar-refractivity contribution in [3.05, 3.63) is 59.9 Å². The summed E-state index contributed by atoms with van der Waals surface area (Å²) in [6, 6.07) is 11.1. The smallest absolute Gasteiger partial charge is 0.332 e. The van der Waals surface area contributed by atoms with Gasteiger partial charge >= 0.3 is 6.03 Å². The van der Waals surface area contributed by atoms with Crippen molar-refractivity contribution in [1.82, 2.24) is 10.2 Å². The third-order valence-corrected chi connectivity index (χ3v) is 4.96. The Bertz CT molecular complexity index is 915. The van der Waals surface area contributed by atoms with E-state index in [1.165, 1.54) is 29.2 Å². The van der Waals surface area contributed by atoms with E-state index in [4.69, 9.17) is 4.74 Å². The van der Waals surface area contributed by atoms with E-state index in [2.05, 4.69) is 5.32 Å². The van der Waals surface area contributed by atoms with Crippen LogP contribution in [0.25, 0.3) is 0 Å². The molecule has 1 heterocycles. The molecule has 158 valence electrons. The van der Waals surface area contributed by atoms with E-state index in [1.807, 2.05) is 24.3 Å². The number of nitrogens with one attached hydrogen (secondary N) is 1. The van der Waals surface area contributed by atoms with Gasteiger partial charge in [-0.3, -0.25) is 9.59 Å². The highest BCUT2D eigenvalue weighted by molar-refractivity contribution is 6.22. The van der Waals surface area contributed by atoms with E-state index in [0.717, 1.165) is 16.2 Å². The number of imide groups is 1. The lowest BCUT2D eigenvalue weighted by molar-refractivity contribution is -0.127. The molecule has 4 amide bonds. The lowest BCUT2D eigenvalue weighted by Crippen LogP contribution is -2.40. The van der Waals surface area contributed by atoms with E-state index in [9.17, 15) is 18.8 Å². The van der Waals surface area contributed by atoms with Gasteiger partial charge in [-0.1, -0.05) is 12.1 Å². The Balaban J connectivity index is 1.82. The standard InChI is InChI=1S/C22H24FN3O4/c1-3-24-20(27)14-19-21(28)26(17-8-6-16(23)7-9-17)22(29)25(19)13-12-15-4-10-18(30-2)11-5-15/h4-11,19H,3,12-14H2,1-2H3,(H,24,27)/t19-/m0/s1. The first-order valence-electron chi connectivity index (χ1n) is 9.74. The van der Waals surface area contributed by atoms with Gasteiger partial charge in [-0.15, -0.1) is 0 Å². The van der Waals surface area contributed by atoms with Crippen LogP contribution >= 0.6 is 0 Å². The van der Waals surface area contributed by atoms with Gasteiger partial charge in [-0.05, 0) is 55.3 Å². The Kier molecular flexibility index (Phi) is 6.66. The molecular weight excluding hydrogens is 389 g/mol. The monoisotopic (exact) mass is 413 g/mol. The Morgan fingerprint density at radius 1 is 1.10 bits per heavy atom. The Hall–Kier alpha value is -3.42. The third kappa shape index (κ3) is 4.59. The highest BCUT2D eigenvalue weighted by Crippen LogP contribution is 2.27. The first-order valence-corrected chi connectivity index (χ1v) is 9.74. The maximum atomic E-state index is 13.3. The lowest BCUT2D eigenvalue weighted by Gasteiger charge is -2.21. The summed E-state index contributed by atoms with van der Waals surface area (Å²) in [6.07, 6.45) is 0.380. The lowest BCUT2D eigenvalue weighted by atomic mass is 10.1. The van der Waals surface area contributed by atoms with Gasteiger partial charge in [0.2, 0.25) is 5.91 Å². The first kappa shape index (κ1) is 21.3. The normalized spacial score (nSPS) is 16.2. The number of urea groups is 1. The van der Waals surface area contributed by atoms with Crippen LogP contribution in [-0.4, -0.2) is 49.0 Å². The van der Waals surface area contributed by atoms with Crippen molar-refractivity contribution >= 4 is 23.5 Å². The predicted molar refractivity (Wildman–Crippen MR) is 110 cm³/mol. The molecule has 0 bridgehead atoms. The molecule has 0 radical (unpaired) electrons. The van der Waals surface area contributed by atoms with Crippen LogP contribution in [0.4, 0.5) is 14.9 Å². The highest BCUT2D eigenvalue weighted by atomic mass is 19.1. The molecule has 7 nitrogen and oxygen atoms in total. The molecule has 30 heavy (non-hydrogen) atoms. The van der Waals surface area contributed by atoms with Crippen LogP contribution < -0.4 is 15.0 Å². The number of hydrogen-bond acceptors (Lipinski definition) is 4. The molecule has 8 heteroatoms. The number of anilines is 1. The largest absolute Gasteiger partial charge is 0.497 e. The number of rotatable bonds is 8.